The number of carbonyl (C=O) groups is 1. The monoisotopic (exact) mass is 498 g/mol. The molecule has 3 N–H and O–H groups in total. The smallest absolute Gasteiger partial charge is 0.256 e. The number of amides is 1. The molecule has 0 spiro atoms. The van der Waals surface area contributed by atoms with Crippen molar-refractivity contribution in [1.82, 2.24) is 20.2 Å². The van der Waals surface area contributed by atoms with Crippen LogP contribution in [-0.4, -0.2) is 49.9 Å². The third-order valence-corrected chi connectivity index (χ3v) is 6.96. The molecule has 1 aliphatic heterocycles. The lowest BCUT2D eigenvalue weighted by Gasteiger charge is -2.44. The number of aromatic amines is 1. The van der Waals surface area contributed by atoms with Crippen molar-refractivity contribution in [1.29, 1.82) is 5.26 Å². The zero-order valence-corrected chi connectivity index (χ0v) is 19.7. The summed E-state index contributed by atoms with van der Waals surface area (Å²) in [5, 5.41) is 29.9. The molecule has 37 heavy (non-hydrogen) atoms. The normalized spacial score (nSPS) is 17.8. The van der Waals surface area contributed by atoms with Crippen molar-refractivity contribution < 1.29 is 14.3 Å². The topological polar surface area (TPSA) is 134 Å². The molecule has 0 saturated heterocycles. The third kappa shape index (κ3) is 3.91. The van der Waals surface area contributed by atoms with Crippen LogP contribution in [0, 0.1) is 17.1 Å². The van der Waals surface area contributed by atoms with Gasteiger partial charge in [-0.15, -0.1) is 0 Å². The van der Waals surface area contributed by atoms with Crippen molar-refractivity contribution in [3.05, 3.63) is 60.2 Å². The highest BCUT2D eigenvalue weighted by Gasteiger charge is 2.43. The van der Waals surface area contributed by atoms with Crippen LogP contribution in [0.15, 0.2) is 48.8 Å². The van der Waals surface area contributed by atoms with E-state index < -0.39 is 18.5 Å². The molecule has 2 aromatic heterocycles. The van der Waals surface area contributed by atoms with Crippen molar-refractivity contribution in [2.24, 2.45) is 0 Å². The molecule has 0 radical (unpaired) electrons. The summed E-state index contributed by atoms with van der Waals surface area (Å²) >= 11 is 0. The first-order chi connectivity index (χ1) is 18.1. The molecule has 1 saturated carbocycles. The number of anilines is 5. The van der Waals surface area contributed by atoms with Crippen molar-refractivity contribution in [3.8, 4) is 6.07 Å². The van der Waals surface area contributed by atoms with Gasteiger partial charge in [0.1, 0.15) is 17.2 Å². The lowest BCUT2D eigenvalue weighted by atomic mass is 10.0. The van der Waals surface area contributed by atoms with Gasteiger partial charge in [0.05, 0.1) is 36.3 Å². The number of nitriles is 1. The molecule has 3 heterocycles. The summed E-state index contributed by atoms with van der Waals surface area (Å²) in [5.74, 6) is -0.0534. The fourth-order valence-corrected chi connectivity index (χ4v) is 5.28. The van der Waals surface area contributed by atoms with Gasteiger partial charge in [0, 0.05) is 17.1 Å². The Hall–Kier alpha value is -4.56. The van der Waals surface area contributed by atoms with E-state index in [2.05, 4.69) is 26.6 Å². The number of H-pyrrole nitrogens is 1. The number of halogens is 1. The minimum atomic E-state index is -0.844. The van der Waals surface area contributed by atoms with Crippen LogP contribution in [0.5, 0.6) is 0 Å². The number of benzene rings is 2. The molecule has 4 aromatic rings. The number of fused-ring (bicyclic) bond motifs is 2. The van der Waals surface area contributed by atoms with Crippen LogP contribution < -0.4 is 15.1 Å². The standard InChI is InChI=1S/C26H23FN8O2/c27-20-10-17(9-16-12-30-33-23(16)20)31-26-29-13-21-24(32-26)34(18-5-1-2-6-18)22(14-36)25(37)35(21)19-7-3-4-15(8-19)11-28/h3-4,7-10,12-13,18,22,36H,1-2,5-6,14H2,(H,30,33)(H,29,31,32)/t22-/m1/s1. The second-order valence-electron chi connectivity index (χ2n) is 9.20. The van der Waals surface area contributed by atoms with Gasteiger partial charge in [-0.3, -0.25) is 14.8 Å². The van der Waals surface area contributed by atoms with E-state index in [1.807, 2.05) is 4.90 Å². The molecular formula is C26H23FN8O2. The van der Waals surface area contributed by atoms with Crippen LogP contribution in [0.4, 0.5) is 33.2 Å². The van der Waals surface area contributed by atoms with Gasteiger partial charge in [-0.2, -0.15) is 15.3 Å². The first-order valence-corrected chi connectivity index (χ1v) is 12.1. The predicted octanol–water partition coefficient (Wildman–Crippen LogP) is 3.90. The van der Waals surface area contributed by atoms with Crippen molar-refractivity contribution in [2.45, 2.75) is 37.8 Å². The van der Waals surface area contributed by atoms with Crippen molar-refractivity contribution in [3.63, 3.8) is 0 Å². The Bertz CT molecular complexity index is 1540. The average Bonchev–Trinajstić information content (AvgIpc) is 3.61. The van der Waals surface area contributed by atoms with Gasteiger partial charge < -0.3 is 15.3 Å². The summed E-state index contributed by atoms with van der Waals surface area (Å²) < 4.78 is 14.5. The first-order valence-electron chi connectivity index (χ1n) is 12.1. The minimum absolute atomic E-state index is 0.0370. The lowest BCUT2D eigenvalue weighted by Crippen LogP contribution is -2.57. The minimum Gasteiger partial charge on any atom is -0.394 e. The molecule has 2 aromatic carbocycles. The van der Waals surface area contributed by atoms with E-state index in [0.717, 1.165) is 25.7 Å². The van der Waals surface area contributed by atoms with Crippen LogP contribution in [0.3, 0.4) is 0 Å². The molecule has 6 rings (SSSR count). The molecule has 186 valence electrons. The molecule has 0 bridgehead atoms. The lowest BCUT2D eigenvalue weighted by molar-refractivity contribution is -0.120. The molecule has 1 aliphatic carbocycles. The van der Waals surface area contributed by atoms with Crippen molar-refractivity contribution in [2.75, 3.05) is 21.7 Å². The Morgan fingerprint density at radius 2 is 2.05 bits per heavy atom. The van der Waals surface area contributed by atoms with E-state index in [4.69, 9.17) is 4.98 Å². The van der Waals surface area contributed by atoms with E-state index >= 15 is 0 Å². The molecule has 2 aliphatic rings. The Morgan fingerprint density at radius 3 is 2.84 bits per heavy atom. The summed E-state index contributed by atoms with van der Waals surface area (Å²) in [7, 11) is 0. The molecule has 1 amide bonds. The Balaban J connectivity index is 1.46. The maximum atomic E-state index is 14.5. The van der Waals surface area contributed by atoms with E-state index in [9.17, 15) is 19.6 Å². The summed E-state index contributed by atoms with van der Waals surface area (Å²) in [6, 6.07) is 11.1. The number of rotatable bonds is 5. The largest absolute Gasteiger partial charge is 0.394 e. The average molecular weight is 499 g/mol. The fourth-order valence-electron chi connectivity index (χ4n) is 5.28. The van der Waals surface area contributed by atoms with E-state index in [-0.39, 0.29) is 17.9 Å². The highest BCUT2D eigenvalue weighted by atomic mass is 19.1. The summed E-state index contributed by atoms with van der Waals surface area (Å²) in [5.41, 5.74) is 2.11. The second-order valence-corrected chi connectivity index (χ2v) is 9.20. The summed E-state index contributed by atoms with van der Waals surface area (Å²) in [6.07, 6.45) is 6.88. The van der Waals surface area contributed by atoms with Gasteiger partial charge in [-0.1, -0.05) is 18.9 Å². The van der Waals surface area contributed by atoms with E-state index in [1.54, 1.807) is 36.5 Å². The molecular weight excluding hydrogens is 475 g/mol. The maximum absolute atomic E-state index is 14.5. The Morgan fingerprint density at radius 1 is 1.22 bits per heavy atom. The number of carbonyl (C=O) groups excluding carboxylic acids is 1. The zero-order valence-electron chi connectivity index (χ0n) is 19.7. The number of nitrogens with one attached hydrogen (secondary N) is 2. The summed E-state index contributed by atoms with van der Waals surface area (Å²) in [4.78, 5) is 26.3. The van der Waals surface area contributed by atoms with Gasteiger partial charge in [0.25, 0.3) is 5.91 Å². The van der Waals surface area contributed by atoms with Gasteiger partial charge in [0.2, 0.25) is 5.95 Å². The molecule has 11 heteroatoms. The highest BCUT2D eigenvalue weighted by Crippen LogP contribution is 2.43. The second kappa shape index (κ2) is 9.15. The Kier molecular flexibility index (Phi) is 5.65. The van der Waals surface area contributed by atoms with E-state index in [1.165, 1.54) is 17.2 Å². The van der Waals surface area contributed by atoms with Crippen LogP contribution in [0.1, 0.15) is 31.2 Å². The number of nitrogens with zero attached hydrogens (tertiary/aromatic N) is 6. The van der Waals surface area contributed by atoms with Crippen LogP contribution in [-0.2, 0) is 4.79 Å². The predicted molar refractivity (Wildman–Crippen MR) is 135 cm³/mol. The number of aromatic nitrogens is 4. The van der Waals surface area contributed by atoms with Crippen LogP contribution >= 0.6 is 0 Å². The van der Waals surface area contributed by atoms with E-state index in [0.29, 0.717) is 39.3 Å². The van der Waals surface area contributed by atoms with Gasteiger partial charge >= 0.3 is 0 Å². The van der Waals surface area contributed by atoms with Crippen LogP contribution in [0.25, 0.3) is 10.9 Å². The highest BCUT2D eigenvalue weighted by molar-refractivity contribution is 6.10. The molecule has 10 nitrogen and oxygen atoms in total. The van der Waals surface area contributed by atoms with Gasteiger partial charge in [-0.25, -0.2) is 9.37 Å². The molecule has 1 fully saturated rings. The summed E-state index contributed by atoms with van der Waals surface area (Å²) in [6.45, 7) is -0.391. The zero-order chi connectivity index (χ0) is 25.5. The van der Waals surface area contributed by atoms with Crippen LogP contribution in [0.2, 0.25) is 0 Å². The SMILES string of the molecule is N#Cc1cccc(N2C(=O)[C@@H](CO)N(C3CCCC3)c3nc(Nc4cc(F)c5[nH]ncc5c4)ncc32)c1. The molecule has 0 unspecified atom stereocenters. The first kappa shape index (κ1) is 22.9. The van der Waals surface area contributed by atoms with Gasteiger partial charge in [-0.05, 0) is 43.2 Å². The number of aliphatic hydroxyl groups excluding tert-OH is 1. The maximum Gasteiger partial charge on any atom is 0.256 e. The number of aliphatic hydroxyl groups is 1. The fraction of sp³-hybridized carbons (Fsp3) is 0.269. The number of hydrogen-bond acceptors (Lipinski definition) is 8. The molecule has 1 atom stereocenters. The van der Waals surface area contributed by atoms with Gasteiger partial charge in [0.15, 0.2) is 11.6 Å². The third-order valence-electron chi connectivity index (χ3n) is 6.96. The number of hydrogen-bond donors (Lipinski definition) is 3. The Labute approximate surface area is 211 Å². The quantitative estimate of drug-likeness (QED) is 0.377. The van der Waals surface area contributed by atoms with Crippen molar-refractivity contribution >= 4 is 45.6 Å².